The molecule has 0 spiro atoms. The minimum absolute atomic E-state index is 0.233. The Morgan fingerprint density at radius 1 is 1.24 bits per heavy atom. The molecule has 0 unspecified atom stereocenters. The number of rotatable bonds is 9. The fraction of sp³-hybridized carbons (Fsp3) is 0.261. The van der Waals surface area contributed by atoms with Gasteiger partial charge in [-0.25, -0.2) is 0 Å². The van der Waals surface area contributed by atoms with Gasteiger partial charge in [0.2, 0.25) is 0 Å². The maximum Gasteiger partial charge on any atom is 0.285 e. The second kappa shape index (κ2) is 11.9. The zero-order valence-electron chi connectivity index (χ0n) is 18.0. The fourth-order valence-electron chi connectivity index (χ4n) is 2.88. The molecule has 10 heteroatoms. The predicted octanol–water partition coefficient (Wildman–Crippen LogP) is 6.23. The van der Waals surface area contributed by atoms with Gasteiger partial charge in [0.1, 0.15) is 0 Å². The quantitative estimate of drug-likeness (QED) is 0.219. The van der Waals surface area contributed by atoms with Crippen molar-refractivity contribution >= 4 is 73.7 Å². The van der Waals surface area contributed by atoms with Crippen molar-refractivity contribution < 1.29 is 19.1 Å². The van der Waals surface area contributed by atoms with Crippen LogP contribution in [0.4, 0.5) is 0 Å². The molecule has 1 N–H and O–H groups in total. The molecule has 3 rings (SSSR count). The van der Waals surface area contributed by atoms with E-state index in [1.165, 1.54) is 0 Å². The molecule has 2 aromatic carbocycles. The highest BCUT2D eigenvalue weighted by Crippen LogP contribution is 2.39. The van der Waals surface area contributed by atoms with Crippen LogP contribution in [0.1, 0.15) is 42.6 Å². The summed E-state index contributed by atoms with van der Waals surface area (Å²) in [6.07, 6.45) is 3.66. The fourth-order valence-corrected chi connectivity index (χ4v) is 4.76. The van der Waals surface area contributed by atoms with Gasteiger partial charge >= 0.3 is 0 Å². The Bertz CT molecular complexity index is 1090. The first-order valence-electron chi connectivity index (χ1n) is 10.3. The summed E-state index contributed by atoms with van der Waals surface area (Å²) in [5, 5.41) is 1.59. The van der Waals surface area contributed by atoms with Gasteiger partial charge in [0.05, 0.1) is 22.6 Å². The number of halogens is 2. The Kier molecular flexibility index (Phi) is 9.19. The third kappa shape index (κ3) is 6.50. The molecule has 2 aromatic rings. The first-order valence-corrected chi connectivity index (χ1v) is 12.7. The highest BCUT2D eigenvalue weighted by molar-refractivity contribution is 9.10. The van der Waals surface area contributed by atoms with E-state index in [-0.39, 0.29) is 4.32 Å². The number of ether oxygens (including phenoxy) is 2. The van der Waals surface area contributed by atoms with Crippen molar-refractivity contribution in [3.63, 3.8) is 0 Å². The largest absolute Gasteiger partial charge is 0.490 e. The summed E-state index contributed by atoms with van der Waals surface area (Å²) in [6.45, 7) is 5.04. The number of thioether (sulfide) groups is 1. The summed E-state index contributed by atoms with van der Waals surface area (Å²) >= 11 is 15.8. The standard InChI is InChI=1S/C23H22BrClN2O4S2/c1-3-5-10-31-20-17(24)11-14(12-18(20)30-4-2)13-19-22(29)27(23(32)33-19)26-21(28)15-6-8-16(25)9-7-15/h6-9,11-13H,3-5,10H2,1-2H3,(H,26,28)/b19-13-. The van der Waals surface area contributed by atoms with Gasteiger partial charge in [-0.15, -0.1) is 0 Å². The molecule has 1 fully saturated rings. The molecule has 0 aromatic heterocycles. The average Bonchev–Trinajstić information content (AvgIpc) is 3.03. The predicted molar refractivity (Wildman–Crippen MR) is 140 cm³/mol. The zero-order chi connectivity index (χ0) is 24.0. The van der Waals surface area contributed by atoms with Crippen LogP contribution in [0.2, 0.25) is 5.02 Å². The third-order valence-corrected chi connectivity index (χ3v) is 6.63. The minimum atomic E-state index is -0.459. The summed E-state index contributed by atoms with van der Waals surface area (Å²) in [5.74, 6) is 0.342. The van der Waals surface area contributed by atoms with E-state index in [0.717, 1.165) is 39.6 Å². The lowest BCUT2D eigenvalue weighted by Crippen LogP contribution is -2.44. The van der Waals surface area contributed by atoms with Crippen LogP contribution in [0.5, 0.6) is 11.5 Å². The number of nitrogens with one attached hydrogen (secondary N) is 1. The number of hydrogen-bond acceptors (Lipinski definition) is 6. The van der Waals surface area contributed by atoms with Crippen LogP contribution in [0.3, 0.4) is 0 Å². The smallest absolute Gasteiger partial charge is 0.285 e. The van der Waals surface area contributed by atoms with Crippen LogP contribution in [0.25, 0.3) is 6.08 Å². The van der Waals surface area contributed by atoms with E-state index in [4.69, 9.17) is 33.3 Å². The molecule has 1 aliphatic heterocycles. The van der Waals surface area contributed by atoms with Gasteiger partial charge in [0.25, 0.3) is 11.8 Å². The zero-order valence-corrected chi connectivity index (χ0v) is 22.0. The minimum Gasteiger partial charge on any atom is -0.490 e. The summed E-state index contributed by atoms with van der Waals surface area (Å²) in [6, 6.07) is 10.0. The number of hydrogen-bond donors (Lipinski definition) is 1. The van der Waals surface area contributed by atoms with Gasteiger partial charge in [-0.1, -0.05) is 36.7 Å². The molecule has 174 valence electrons. The van der Waals surface area contributed by atoms with Crippen molar-refractivity contribution in [2.75, 3.05) is 13.2 Å². The van der Waals surface area contributed by atoms with Crippen LogP contribution in [0.15, 0.2) is 45.8 Å². The van der Waals surface area contributed by atoms with Crippen LogP contribution in [0, 0.1) is 0 Å². The summed E-state index contributed by atoms with van der Waals surface area (Å²) in [4.78, 5) is 25.8. The molecule has 1 aliphatic rings. The highest BCUT2D eigenvalue weighted by atomic mass is 79.9. The normalized spacial score (nSPS) is 14.7. The first-order chi connectivity index (χ1) is 15.8. The Balaban J connectivity index is 1.80. The van der Waals surface area contributed by atoms with Crippen LogP contribution in [-0.4, -0.2) is 34.4 Å². The van der Waals surface area contributed by atoms with Crippen molar-refractivity contribution in [1.82, 2.24) is 10.4 Å². The van der Waals surface area contributed by atoms with E-state index in [1.807, 2.05) is 19.1 Å². The van der Waals surface area contributed by atoms with Crippen LogP contribution in [-0.2, 0) is 4.79 Å². The van der Waals surface area contributed by atoms with Crippen LogP contribution < -0.4 is 14.9 Å². The average molecular weight is 570 g/mol. The van der Waals surface area contributed by atoms with Crippen molar-refractivity contribution in [2.45, 2.75) is 26.7 Å². The monoisotopic (exact) mass is 568 g/mol. The lowest BCUT2D eigenvalue weighted by Gasteiger charge is -2.16. The molecule has 2 amide bonds. The molecule has 0 atom stereocenters. The number of unbranched alkanes of at least 4 members (excludes halogenated alkanes) is 1. The van der Waals surface area contributed by atoms with Crippen molar-refractivity contribution in [2.24, 2.45) is 0 Å². The molecule has 1 saturated heterocycles. The second-order valence-corrected chi connectivity index (χ2v) is 9.90. The Hall–Kier alpha value is -2.07. The number of carbonyl (C=O) groups excluding carboxylic acids is 2. The van der Waals surface area contributed by atoms with Gasteiger partial charge in [0.15, 0.2) is 15.8 Å². The number of amides is 2. The molecule has 6 nitrogen and oxygen atoms in total. The number of carbonyl (C=O) groups is 2. The lowest BCUT2D eigenvalue weighted by molar-refractivity contribution is -0.123. The Morgan fingerprint density at radius 3 is 2.64 bits per heavy atom. The van der Waals surface area contributed by atoms with E-state index in [0.29, 0.717) is 40.2 Å². The van der Waals surface area contributed by atoms with E-state index in [2.05, 4.69) is 28.3 Å². The summed E-state index contributed by atoms with van der Waals surface area (Å²) in [5.41, 5.74) is 3.65. The maximum atomic E-state index is 12.9. The third-order valence-electron chi connectivity index (χ3n) is 4.49. The molecule has 0 aliphatic carbocycles. The molecule has 33 heavy (non-hydrogen) atoms. The summed E-state index contributed by atoms with van der Waals surface area (Å²) in [7, 11) is 0. The molecular formula is C23H22BrClN2O4S2. The van der Waals surface area contributed by atoms with Crippen molar-refractivity contribution in [3.05, 3.63) is 61.9 Å². The van der Waals surface area contributed by atoms with Crippen LogP contribution >= 0.6 is 51.5 Å². The van der Waals surface area contributed by atoms with E-state index in [1.54, 1.807) is 30.3 Å². The van der Waals surface area contributed by atoms with E-state index < -0.39 is 11.8 Å². The van der Waals surface area contributed by atoms with E-state index >= 15 is 0 Å². The van der Waals surface area contributed by atoms with Gasteiger partial charge in [-0.3, -0.25) is 15.0 Å². The van der Waals surface area contributed by atoms with Gasteiger partial charge in [0, 0.05) is 10.6 Å². The second-order valence-electron chi connectivity index (χ2n) is 6.93. The number of hydrazine groups is 1. The van der Waals surface area contributed by atoms with Crippen molar-refractivity contribution in [3.8, 4) is 11.5 Å². The van der Waals surface area contributed by atoms with Gasteiger partial charge in [-0.05, 0) is 89.5 Å². The Morgan fingerprint density at radius 2 is 1.97 bits per heavy atom. The topological polar surface area (TPSA) is 67.9 Å². The summed E-state index contributed by atoms with van der Waals surface area (Å²) < 4.78 is 12.6. The molecule has 0 saturated carbocycles. The van der Waals surface area contributed by atoms with Gasteiger partial charge < -0.3 is 9.47 Å². The number of thiocarbonyl (C=S) groups is 1. The number of nitrogens with zero attached hydrogens (tertiary/aromatic N) is 1. The lowest BCUT2D eigenvalue weighted by atomic mass is 10.2. The molecule has 0 bridgehead atoms. The SMILES string of the molecule is CCCCOc1c(Br)cc(/C=C2\SC(=S)N(NC(=O)c3ccc(Cl)cc3)C2=O)cc1OCC. The maximum absolute atomic E-state index is 12.9. The molecular weight excluding hydrogens is 548 g/mol. The van der Waals surface area contributed by atoms with E-state index in [9.17, 15) is 9.59 Å². The molecule has 0 radical (unpaired) electrons. The molecule has 1 heterocycles. The number of benzene rings is 2. The Labute approximate surface area is 215 Å². The first kappa shape index (κ1) is 25.6. The highest BCUT2D eigenvalue weighted by Gasteiger charge is 2.34. The van der Waals surface area contributed by atoms with Gasteiger partial charge in [-0.2, -0.15) is 5.01 Å². The van der Waals surface area contributed by atoms with Crippen molar-refractivity contribution in [1.29, 1.82) is 0 Å².